The summed E-state index contributed by atoms with van der Waals surface area (Å²) in [5, 5.41) is 5.28. The van der Waals surface area contributed by atoms with Crippen molar-refractivity contribution in [2.45, 2.75) is 26.3 Å². The number of amides is 2. The predicted molar refractivity (Wildman–Crippen MR) is 93.9 cm³/mol. The number of carbonyl (C=O) groups excluding carboxylic acids is 3. The van der Waals surface area contributed by atoms with Crippen LogP contribution in [-0.2, 0) is 14.3 Å². The van der Waals surface area contributed by atoms with Gasteiger partial charge in [0.15, 0.2) is 0 Å². The van der Waals surface area contributed by atoms with Crippen LogP contribution in [0.25, 0.3) is 0 Å². The quantitative estimate of drug-likeness (QED) is 0.559. The minimum atomic E-state index is -0.729. The van der Waals surface area contributed by atoms with Gasteiger partial charge in [0.25, 0.3) is 0 Å². The summed E-state index contributed by atoms with van der Waals surface area (Å²) in [6.45, 7) is 3.33. The van der Waals surface area contributed by atoms with Gasteiger partial charge in [-0.05, 0) is 19.4 Å². The summed E-state index contributed by atoms with van der Waals surface area (Å²) in [4.78, 5) is 39.9. The minimum Gasteiger partial charge on any atom is -0.463 e. The summed E-state index contributed by atoms with van der Waals surface area (Å²) in [7, 11) is 0. The van der Waals surface area contributed by atoms with Gasteiger partial charge in [0.2, 0.25) is 0 Å². The van der Waals surface area contributed by atoms with Crippen LogP contribution in [0.2, 0.25) is 10.2 Å². The Balaban J connectivity index is 2.21. The number of rotatable bonds is 6. The molecule has 8 nitrogen and oxygen atoms in total. The van der Waals surface area contributed by atoms with Crippen molar-refractivity contribution in [3.05, 3.63) is 39.3 Å². The Morgan fingerprint density at radius 2 is 1.96 bits per heavy atom. The molecule has 0 saturated heterocycles. The smallest absolute Gasteiger partial charge is 0.340 e. The van der Waals surface area contributed by atoms with Crippen molar-refractivity contribution in [1.29, 1.82) is 0 Å². The van der Waals surface area contributed by atoms with Crippen LogP contribution in [0.3, 0.4) is 0 Å². The summed E-state index contributed by atoms with van der Waals surface area (Å²) >= 11 is 11.5. The zero-order valence-corrected chi connectivity index (χ0v) is 15.6. The Bertz CT molecular complexity index is 766. The average molecular weight is 402 g/mol. The van der Waals surface area contributed by atoms with E-state index in [0.29, 0.717) is 6.42 Å². The van der Waals surface area contributed by atoms with Crippen LogP contribution in [-0.4, -0.2) is 42.2 Å². The Morgan fingerprint density at radius 3 is 2.58 bits per heavy atom. The van der Waals surface area contributed by atoms with Crippen LogP contribution in [0.1, 0.15) is 30.6 Å². The van der Waals surface area contributed by atoms with E-state index in [-0.39, 0.29) is 40.2 Å². The molecule has 1 aliphatic heterocycles. The van der Waals surface area contributed by atoms with Crippen LogP contribution in [0.15, 0.2) is 23.5 Å². The first-order valence-corrected chi connectivity index (χ1v) is 8.58. The van der Waals surface area contributed by atoms with Crippen LogP contribution < -0.4 is 10.6 Å². The molecule has 1 aliphatic rings. The third-order valence-electron chi connectivity index (χ3n) is 3.53. The molecule has 2 amide bonds. The zero-order valence-electron chi connectivity index (χ0n) is 14.1. The van der Waals surface area contributed by atoms with Gasteiger partial charge < -0.3 is 20.1 Å². The number of hydrogen-bond acceptors (Lipinski definition) is 6. The molecule has 1 aromatic heterocycles. The molecular formula is C16H17Cl2N3O5. The topological polar surface area (TPSA) is 107 Å². The number of pyridine rings is 1. The van der Waals surface area contributed by atoms with E-state index in [1.165, 1.54) is 12.3 Å². The van der Waals surface area contributed by atoms with Crippen molar-refractivity contribution in [2.24, 2.45) is 0 Å². The molecule has 0 fully saturated rings. The van der Waals surface area contributed by atoms with E-state index in [1.807, 2.05) is 0 Å². The van der Waals surface area contributed by atoms with Gasteiger partial charge in [-0.2, -0.15) is 0 Å². The van der Waals surface area contributed by atoms with Crippen molar-refractivity contribution in [3.63, 3.8) is 0 Å². The number of hydrogen-bond donors (Lipinski definition) is 2. The highest BCUT2D eigenvalue weighted by molar-refractivity contribution is 6.41. The van der Waals surface area contributed by atoms with E-state index in [9.17, 15) is 14.4 Å². The normalized spacial score (nSPS) is 16.6. The second kappa shape index (κ2) is 8.86. The standard InChI is InChI=1S/C16H17Cl2N3O5/c1-3-10-12(15(23)25-4-2)11(21-16(24)20-10)7-26-14(22)8-5-9(17)13(18)19-6-8/h5-6,10H,3-4,7H2,1-2H3,(H2,20,21,24)/t10-/m0/s1. The highest BCUT2D eigenvalue weighted by atomic mass is 35.5. The van der Waals surface area contributed by atoms with E-state index in [0.717, 1.165) is 0 Å². The molecule has 1 atom stereocenters. The lowest BCUT2D eigenvalue weighted by Gasteiger charge is -2.28. The molecule has 0 aromatic carbocycles. The Hall–Kier alpha value is -2.32. The Morgan fingerprint density at radius 1 is 1.23 bits per heavy atom. The number of nitrogens with one attached hydrogen (secondary N) is 2. The fourth-order valence-electron chi connectivity index (χ4n) is 2.33. The fraction of sp³-hybridized carbons (Fsp3) is 0.375. The number of esters is 2. The lowest BCUT2D eigenvalue weighted by atomic mass is 10.0. The van der Waals surface area contributed by atoms with Crippen molar-refractivity contribution >= 4 is 41.2 Å². The maximum atomic E-state index is 12.2. The van der Waals surface area contributed by atoms with E-state index in [1.54, 1.807) is 13.8 Å². The average Bonchev–Trinajstić information content (AvgIpc) is 2.61. The molecule has 0 radical (unpaired) electrons. The Kier molecular flexibility index (Phi) is 6.82. The van der Waals surface area contributed by atoms with Gasteiger partial charge >= 0.3 is 18.0 Å². The van der Waals surface area contributed by atoms with Gasteiger partial charge in [-0.15, -0.1) is 0 Å². The van der Waals surface area contributed by atoms with Gasteiger partial charge in [0.05, 0.1) is 34.5 Å². The van der Waals surface area contributed by atoms with Gasteiger partial charge in [0.1, 0.15) is 11.8 Å². The summed E-state index contributed by atoms with van der Waals surface area (Å²) in [6.07, 6.45) is 1.68. The van der Waals surface area contributed by atoms with Gasteiger partial charge in [-0.3, -0.25) is 0 Å². The van der Waals surface area contributed by atoms with E-state index >= 15 is 0 Å². The van der Waals surface area contributed by atoms with Gasteiger partial charge in [-0.1, -0.05) is 30.1 Å². The van der Waals surface area contributed by atoms with Crippen molar-refractivity contribution in [3.8, 4) is 0 Å². The predicted octanol–water partition coefficient (Wildman–Crippen LogP) is 2.45. The number of carbonyl (C=O) groups is 3. The van der Waals surface area contributed by atoms with Crippen LogP contribution in [0.4, 0.5) is 4.79 Å². The lowest BCUT2D eigenvalue weighted by molar-refractivity contribution is -0.139. The van der Waals surface area contributed by atoms with Crippen LogP contribution >= 0.6 is 23.2 Å². The molecule has 0 unspecified atom stereocenters. The second-order valence-electron chi connectivity index (χ2n) is 5.24. The molecule has 2 N–H and O–H groups in total. The van der Waals surface area contributed by atoms with Crippen molar-refractivity contribution in [2.75, 3.05) is 13.2 Å². The van der Waals surface area contributed by atoms with Crippen LogP contribution in [0, 0.1) is 0 Å². The Labute approximate surface area is 159 Å². The first-order valence-electron chi connectivity index (χ1n) is 7.83. The first kappa shape index (κ1) is 20.0. The van der Waals surface area contributed by atoms with E-state index in [4.69, 9.17) is 32.7 Å². The molecular weight excluding hydrogens is 385 g/mol. The molecule has 0 spiro atoms. The number of halogens is 2. The largest absolute Gasteiger partial charge is 0.463 e. The number of nitrogens with zero attached hydrogens (tertiary/aromatic N) is 1. The monoisotopic (exact) mass is 401 g/mol. The molecule has 2 heterocycles. The summed E-state index contributed by atoms with van der Waals surface area (Å²) in [5.74, 6) is -1.32. The van der Waals surface area contributed by atoms with Crippen molar-refractivity contribution in [1.82, 2.24) is 15.6 Å². The maximum Gasteiger partial charge on any atom is 0.340 e. The van der Waals surface area contributed by atoms with E-state index < -0.39 is 24.0 Å². The number of ether oxygens (including phenoxy) is 2. The number of aromatic nitrogens is 1. The molecule has 10 heteroatoms. The lowest BCUT2D eigenvalue weighted by Crippen LogP contribution is -2.51. The third-order valence-corrected chi connectivity index (χ3v) is 4.21. The molecule has 0 saturated carbocycles. The molecule has 0 aliphatic carbocycles. The second-order valence-corrected chi connectivity index (χ2v) is 6.01. The van der Waals surface area contributed by atoms with Crippen molar-refractivity contribution < 1.29 is 23.9 Å². The van der Waals surface area contributed by atoms with Crippen LogP contribution in [0.5, 0.6) is 0 Å². The molecule has 140 valence electrons. The number of urea groups is 1. The maximum absolute atomic E-state index is 12.2. The molecule has 0 bridgehead atoms. The fourth-order valence-corrected chi connectivity index (χ4v) is 2.60. The summed E-state index contributed by atoms with van der Waals surface area (Å²) < 4.78 is 10.2. The zero-order chi connectivity index (χ0) is 19.3. The van der Waals surface area contributed by atoms with E-state index in [2.05, 4.69) is 15.6 Å². The SMILES string of the molecule is CCOC(=O)C1=C(COC(=O)c2cnc(Cl)c(Cl)c2)NC(=O)N[C@H]1CC. The first-order chi connectivity index (χ1) is 12.4. The highest BCUT2D eigenvalue weighted by Crippen LogP contribution is 2.21. The van der Waals surface area contributed by atoms with Gasteiger partial charge in [-0.25, -0.2) is 19.4 Å². The summed E-state index contributed by atoms with van der Waals surface area (Å²) in [6, 6.07) is 0.283. The summed E-state index contributed by atoms with van der Waals surface area (Å²) in [5.41, 5.74) is 0.472. The highest BCUT2D eigenvalue weighted by Gasteiger charge is 2.32. The molecule has 26 heavy (non-hydrogen) atoms. The third kappa shape index (κ3) is 4.64. The van der Waals surface area contributed by atoms with Gasteiger partial charge in [0, 0.05) is 6.20 Å². The minimum absolute atomic E-state index is 0.0620. The molecule has 1 aromatic rings. The molecule has 2 rings (SSSR count).